The van der Waals surface area contributed by atoms with Crippen LogP contribution in [-0.4, -0.2) is 61.9 Å². The van der Waals surface area contributed by atoms with Crippen LogP contribution in [0.1, 0.15) is 28.6 Å². The molecule has 4 heterocycles. The van der Waals surface area contributed by atoms with Gasteiger partial charge < -0.3 is 20.2 Å². The molecular weight excluding hydrogens is 653 g/mol. The number of esters is 1. The molecule has 0 aliphatic carbocycles. The number of nitrogens with one attached hydrogen (secondary N) is 2. The molecule has 2 aromatic heterocycles. The Hall–Kier alpha value is -5.60. The van der Waals surface area contributed by atoms with Crippen LogP contribution in [0.3, 0.4) is 0 Å². The number of nitrogens with zero attached hydrogens (tertiary/aromatic N) is 4. The zero-order valence-electron chi connectivity index (χ0n) is 25.2. The Bertz CT molecular complexity index is 1840. The standard InChI is InChI=1S/C34H28N6O6S2/c1-2-21-18-47-32-27(38-30(42)26(25-19-48-34(37-25)36-20-41)39-45-17-24-15-9-10-16-35-24)31(43)40(32)28(21)33(44)46-29(22-11-5-3-6-12-22)23-13-7-4-8-14-23/h2-16,19-20,27,29,32H,1,17-18H2,(H,38,42)(H,36,37,41)/t27?,32-/m1/s1. The van der Waals surface area contributed by atoms with E-state index in [0.29, 0.717) is 23.4 Å². The van der Waals surface area contributed by atoms with E-state index in [9.17, 15) is 19.2 Å². The lowest BCUT2D eigenvalue weighted by atomic mass is 10.0. The molecule has 1 fully saturated rings. The summed E-state index contributed by atoms with van der Waals surface area (Å²) in [5, 5.41) is 10.4. The molecule has 2 atom stereocenters. The lowest BCUT2D eigenvalue weighted by molar-refractivity contribution is -0.154. The number of thiazole rings is 1. The smallest absolute Gasteiger partial charge is 0.356 e. The summed E-state index contributed by atoms with van der Waals surface area (Å²) < 4.78 is 6.10. The molecule has 6 rings (SSSR count). The predicted molar refractivity (Wildman–Crippen MR) is 180 cm³/mol. The van der Waals surface area contributed by atoms with Gasteiger partial charge in [-0.15, -0.1) is 23.1 Å². The van der Waals surface area contributed by atoms with Gasteiger partial charge in [-0.3, -0.25) is 24.3 Å². The minimum atomic E-state index is -0.983. The van der Waals surface area contributed by atoms with E-state index < -0.39 is 35.3 Å². The van der Waals surface area contributed by atoms with Crippen molar-refractivity contribution < 1.29 is 28.8 Å². The average molecular weight is 681 g/mol. The molecule has 1 unspecified atom stereocenters. The number of amides is 3. The second-order valence-corrected chi connectivity index (χ2v) is 12.3. The maximum Gasteiger partial charge on any atom is 0.356 e. The van der Waals surface area contributed by atoms with Crippen molar-refractivity contribution in [1.82, 2.24) is 20.2 Å². The molecule has 4 aromatic rings. The van der Waals surface area contributed by atoms with Gasteiger partial charge in [-0.2, -0.15) is 0 Å². The van der Waals surface area contributed by atoms with Crippen LogP contribution in [-0.2, 0) is 35.4 Å². The fourth-order valence-corrected chi connectivity index (χ4v) is 7.09. The number of fused-ring (bicyclic) bond motifs is 1. The van der Waals surface area contributed by atoms with Crippen LogP contribution in [0.2, 0.25) is 0 Å². The molecule has 2 N–H and O–H groups in total. The average Bonchev–Trinajstić information content (AvgIpc) is 3.59. The summed E-state index contributed by atoms with van der Waals surface area (Å²) in [6.45, 7) is 3.83. The zero-order valence-corrected chi connectivity index (χ0v) is 26.9. The van der Waals surface area contributed by atoms with Gasteiger partial charge in [-0.05, 0) is 28.8 Å². The molecule has 12 nitrogen and oxygen atoms in total. The second-order valence-electron chi connectivity index (χ2n) is 10.4. The van der Waals surface area contributed by atoms with E-state index in [1.807, 2.05) is 60.7 Å². The number of carbonyl (C=O) groups excluding carboxylic acids is 4. The number of carbonyl (C=O) groups is 4. The normalized spacial score (nSPS) is 17.2. The lowest BCUT2D eigenvalue weighted by Gasteiger charge is -2.49. The van der Waals surface area contributed by atoms with Crippen LogP contribution in [0.15, 0.2) is 120 Å². The van der Waals surface area contributed by atoms with E-state index >= 15 is 0 Å². The maximum atomic E-state index is 13.9. The number of hydrogen-bond acceptors (Lipinski definition) is 11. The van der Waals surface area contributed by atoms with Gasteiger partial charge >= 0.3 is 5.97 Å². The van der Waals surface area contributed by atoms with Crippen LogP contribution in [0, 0.1) is 0 Å². The summed E-state index contributed by atoms with van der Waals surface area (Å²) >= 11 is 2.46. The minimum absolute atomic E-state index is 0.0244. The number of pyridine rings is 1. The Balaban J connectivity index is 1.21. The minimum Gasteiger partial charge on any atom is -0.448 e. The highest BCUT2D eigenvalue weighted by Gasteiger charge is 2.54. The molecule has 14 heteroatoms. The number of anilines is 1. The summed E-state index contributed by atoms with van der Waals surface area (Å²) in [5.74, 6) is -1.56. The summed E-state index contributed by atoms with van der Waals surface area (Å²) in [5.41, 5.74) is 2.67. The van der Waals surface area contributed by atoms with Crippen molar-refractivity contribution in [2.45, 2.75) is 24.1 Å². The Morgan fingerprint density at radius 1 is 1.06 bits per heavy atom. The number of thioether (sulfide) groups is 1. The predicted octanol–water partition coefficient (Wildman–Crippen LogP) is 4.20. The molecule has 0 radical (unpaired) electrons. The molecule has 48 heavy (non-hydrogen) atoms. The number of aromatic nitrogens is 2. The molecule has 2 aliphatic heterocycles. The van der Waals surface area contributed by atoms with Gasteiger partial charge in [0.05, 0.1) is 5.69 Å². The van der Waals surface area contributed by atoms with Crippen molar-refractivity contribution in [3.8, 4) is 0 Å². The first kappa shape index (κ1) is 32.3. The number of benzene rings is 2. The Morgan fingerprint density at radius 2 is 1.77 bits per heavy atom. The highest BCUT2D eigenvalue weighted by atomic mass is 32.2. The Kier molecular flexibility index (Phi) is 10.0. The highest BCUT2D eigenvalue weighted by molar-refractivity contribution is 8.00. The van der Waals surface area contributed by atoms with E-state index in [2.05, 4.69) is 32.3 Å². The maximum absolute atomic E-state index is 13.9. The van der Waals surface area contributed by atoms with Crippen LogP contribution in [0.25, 0.3) is 0 Å². The molecular formula is C34H28N6O6S2. The Morgan fingerprint density at radius 3 is 2.42 bits per heavy atom. The fourth-order valence-electron chi connectivity index (χ4n) is 5.10. The first-order valence-electron chi connectivity index (χ1n) is 14.7. The fraction of sp³-hybridized carbons (Fsp3) is 0.147. The van der Waals surface area contributed by atoms with Crippen molar-refractivity contribution in [1.29, 1.82) is 0 Å². The molecule has 2 aliphatic rings. The molecule has 242 valence electrons. The highest BCUT2D eigenvalue weighted by Crippen LogP contribution is 2.42. The van der Waals surface area contributed by atoms with E-state index in [4.69, 9.17) is 9.57 Å². The molecule has 0 bridgehead atoms. The summed E-state index contributed by atoms with van der Waals surface area (Å²) in [7, 11) is 0. The van der Waals surface area contributed by atoms with Crippen LogP contribution >= 0.6 is 23.1 Å². The number of rotatable bonds is 13. The molecule has 1 saturated heterocycles. The van der Waals surface area contributed by atoms with Gasteiger partial charge in [0, 0.05) is 17.3 Å². The molecule has 0 saturated carbocycles. The van der Waals surface area contributed by atoms with Crippen molar-refractivity contribution in [2.24, 2.45) is 5.16 Å². The summed E-state index contributed by atoms with van der Waals surface area (Å²) in [4.78, 5) is 67.3. The van der Waals surface area contributed by atoms with E-state index in [-0.39, 0.29) is 28.8 Å². The monoisotopic (exact) mass is 680 g/mol. The third-order valence-electron chi connectivity index (χ3n) is 7.39. The largest absolute Gasteiger partial charge is 0.448 e. The van der Waals surface area contributed by atoms with E-state index in [1.54, 1.807) is 24.4 Å². The lowest BCUT2D eigenvalue weighted by Crippen LogP contribution is -2.71. The van der Waals surface area contributed by atoms with Crippen molar-refractivity contribution >= 4 is 58.1 Å². The Labute approximate surface area is 283 Å². The van der Waals surface area contributed by atoms with E-state index in [0.717, 1.165) is 22.5 Å². The van der Waals surface area contributed by atoms with Crippen LogP contribution < -0.4 is 10.6 Å². The number of oxime groups is 1. The first-order valence-corrected chi connectivity index (χ1v) is 16.6. The van der Waals surface area contributed by atoms with Gasteiger partial charge in [-0.25, -0.2) is 9.78 Å². The molecule has 0 spiro atoms. The van der Waals surface area contributed by atoms with Crippen molar-refractivity contribution in [3.05, 3.63) is 137 Å². The number of β-lactam (4-membered cyclic amide) rings is 1. The van der Waals surface area contributed by atoms with Gasteiger partial charge in [0.15, 0.2) is 23.6 Å². The summed E-state index contributed by atoms with van der Waals surface area (Å²) in [6, 6.07) is 23.0. The van der Waals surface area contributed by atoms with Gasteiger partial charge in [0.2, 0.25) is 6.41 Å². The van der Waals surface area contributed by atoms with Crippen molar-refractivity contribution in [2.75, 3.05) is 11.1 Å². The molecule has 3 amide bonds. The van der Waals surface area contributed by atoms with Crippen LogP contribution in [0.4, 0.5) is 5.13 Å². The third-order valence-corrected chi connectivity index (χ3v) is 9.47. The van der Waals surface area contributed by atoms with Gasteiger partial charge in [-0.1, -0.05) is 84.5 Å². The number of hydrogen-bond donors (Lipinski definition) is 2. The first-order chi connectivity index (χ1) is 23.5. The van der Waals surface area contributed by atoms with Crippen LogP contribution in [0.5, 0.6) is 0 Å². The zero-order chi connectivity index (χ0) is 33.5. The third kappa shape index (κ3) is 6.89. The quantitative estimate of drug-likeness (QED) is 0.0696. The number of allylic oxidation sites excluding steroid dienone is 1. The molecule has 2 aromatic carbocycles. The van der Waals surface area contributed by atoms with Crippen molar-refractivity contribution in [3.63, 3.8) is 0 Å². The van der Waals surface area contributed by atoms with Gasteiger partial charge in [0.25, 0.3) is 11.8 Å². The number of ether oxygens (including phenoxy) is 1. The van der Waals surface area contributed by atoms with E-state index in [1.165, 1.54) is 28.1 Å². The second kappa shape index (κ2) is 14.9. The SMILES string of the molecule is C=CC1=C(C(=O)OC(c2ccccc2)c2ccccc2)N2C(=O)C(NC(=O)C(=NOCc3ccccn3)c3csc(NC=O)n3)[C@H]2SC1. The van der Waals surface area contributed by atoms with Gasteiger partial charge in [0.1, 0.15) is 22.8 Å². The topological polar surface area (TPSA) is 152 Å². The summed E-state index contributed by atoms with van der Waals surface area (Å²) in [6.07, 6.45) is 2.88.